The Balaban J connectivity index is 1.50. The molecule has 244 valence electrons. The number of benzene rings is 2. The second-order valence-corrected chi connectivity index (χ2v) is 15.6. The van der Waals surface area contributed by atoms with Crippen LogP contribution in [-0.2, 0) is 15.7 Å². The van der Waals surface area contributed by atoms with Crippen molar-refractivity contribution in [3.8, 4) is 10.4 Å². The lowest BCUT2D eigenvalue weighted by Crippen LogP contribution is -2.52. The summed E-state index contributed by atoms with van der Waals surface area (Å²) in [5, 5.41) is 14.7. The van der Waals surface area contributed by atoms with Crippen molar-refractivity contribution in [3.05, 3.63) is 47.1 Å². The molecule has 0 radical (unpaired) electrons. The third-order valence-electron chi connectivity index (χ3n) is 8.20. The molecule has 1 aromatic heterocycles. The van der Waals surface area contributed by atoms with Crippen LogP contribution in [0, 0.1) is 5.92 Å². The molecule has 1 atom stereocenters. The predicted octanol–water partition coefficient (Wildman–Crippen LogP) is 4.06. The number of hydrogen-bond donors (Lipinski definition) is 3. The Labute approximate surface area is 272 Å². The van der Waals surface area contributed by atoms with Gasteiger partial charge in [0.2, 0.25) is 0 Å². The number of fused-ring (bicyclic) bond motifs is 1. The van der Waals surface area contributed by atoms with Crippen molar-refractivity contribution in [2.75, 3.05) is 52.5 Å². The summed E-state index contributed by atoms with van der Waals surface area (Å²) in [6.07, 6.45) is 1.84. The standard InChI is InChI=1S/C33H45N5O5S2/c1-22-12-14-38(15-13-22)31(40)27-28(44-30(35-27)29(39)34-20-33(4,5)41)25-10-11-26(24-9-7-6-8-23(24)25)45(42)36-32(2,3)21-37-16-18-43-19-17-37/h6-11,22,36,41H,12-21H2,1-5H3,(H,34,39). The summed E-state index contributed by atoms with van der Waals surface area (Å²) in [6, 6.07) is 11.4. The molecule has 2 aromatic carbocycles. The van der Waals surface area contributed by atoms with Crippen molar-refractivity contribution in [1.29, 1.82) is 0 Å². The summed E-state index contributed by atoms with van der Waals surface area (Å²) < 4.78 is 22.7. The van der Waals surface area contributed by atoms with E-state index in [0.717, 1.165) is 60.1 Å². The Bertz CT molecular complexity index is 1550. The van der Waals surface area contributed by atoms with E-state index in [2.05, 4.69) is 40.7 Å². The highest BCUT2D eigenvalue weighted by molar-refractivity contribution is 7.83. The fourth-order valence-electron chi connectivity index (χ4n) is 5.77. The van der Waals surface area contributed by atoms with E-state index >= 15 is 0 Å². The highest BCUT2D eigenvalue weighted by Gasteiger charge is 2.31. The van der Waals surface area contributed by atoms with Crippen LogP contribution in [0.2, 0.25) is 0 Å². The number of nitrogens with one attached hydrogen (secondary N) is 2. The molecule has 3 N–H and O–H groups in total. The number of thiazole rings is 1. The summed E-state index contributed by atoms with van der Waals surface area (Å²) in [5.41, 5.74) is -0.513. The second kappa shape index (κ2) is 13.9. The van der Waals surface area contributed by atoms with Crippen LogP contribution >= 0.6 is 11.3 Å². The first-order valence-corrected chi connectivity index (χ1v) is 17.6. The van der Waals surface area contributed by atoms with Crippen LogP contribution in [0.5, 0.6) is 0 Å². The number of morpholine rings is 1. The lowest BCUT2D eigenvalue weighted by Gasteiger charge is -2.35. The van der Waals surface area contributed by atoms with Gasteiger partial charge in [0.15, 0.2) is 5.01 Å². The molecule has 12 heteroatoms. The van der Waals surface area contributed by atoms with Crippen LogP contribution in [0.3, 0.4) is 0 Å². The van der Waals surface area contributed by atoms with Gasteiger partial charge in [-0.25, -0.2) is 13.9 Å². The quantitative estimate of drug-likeness (QED) is 0.301. The lowest BCUT2D eigenvalue weighted by molar-refractivity contribution is 0.0291. The molecule has 2 aliphatic heterocycles. The Morgan fingerprint density at radius 1 is 1.04 bits per heavy atom. The van der Waals surface area contributed by atoms with E-state index in [1.54, 1.807) is 13.8 Å². The van der Waals surface area contributed by atoms with Gasteiger partial charge in [-0.3, -0.25) is 14.5 Å². The Morgan fingerprint density at radius 2 is 1.71 bits per heavy atom. The number of rotatable bonds is 10. The Hall–Kier alpha value is -2.74. The van der Waals surface area contributed by atoms with Crippen LogP contribution in [0.25, 0.3) is 21.2 Å². The predicted molar refractivity (Wildman–Crippen MR) is 179 cm³/mol. The first-order valence-electron chi connectivity index (χ1n) is 15.6. The van der Waals surface area contributed by atoms with Gasteiger partial charge in [0.05, 0.1) is 28.6 Å². The van der Waals surface area contributed by atoms with Crippen LogP contribution in [-0.4, -0.2) is 99.5 Å². The van der Waals surface area contributed by atoms with Gasteiger partial charge in [0.25, 0.3) is 11.8 Å². The van der Waals surface area contributed by atoms with Crippen LogP contribution in [0.4, 0.5) is 0 Å². The van der Waals surface area contributed by atoms with Gasteiger partial charge < -0.3 is 20.1 Å². The van der Waals surface area contributed by atoms with Gasteiger partial charge >= 0.3 is 0 Å². The number of piperidine rings is 1. The van der Waals surface area contributed by atoms with Crippen molar-refractivity contribution >= 4 is 44.9 Å². The van der Waals surface area contributed by atoms with E-state index in [0.29, 0.717) is 42.0 Å². The molecule has 3 heterocycles. The zero-order chi connectivity index (χ0) is 32.4. The maximum absolute atomic E-state index is 13.9. The van der Waals surface area contributed by atoms with E-state index in [-0.39, 0.29) is 23.2 Å². The molecule has 2 amide bonds. The molecule has 45 heavy (non-hydrogen) atoms. The number of likely N-dealkylation sites (tertiary alicyclic amines) is 1. The van der Waals surface area contributed by atoms with E-state index < -0.39 is 28.0 Å². The summed E-state index contributed by atoms with van der Waals surface area (Å²) in [4.78, 5) is 37.0. The van der Waals surface area contributed by atoms with E-state index in [1.165, 1.54) is 0 Å². The summed E-state index contributed by atoms with van der Waals surface area (Å²) >= 11 is 1.16. The van der Waals surface area contributed by atoms with Gasteiger partial charge in [0.1, 0.15) is 16.7 Å². The number of aromatic nitrogens is 1. The van der Waals surface area contributed by atoms with E-state index in [1.807, 2.05) is 41.3 Å². The van der Waals surface area contributed by atoms with E-state index in [4.69, 9.17) is 4.74 Å². The first-order chi connectivity index (χ1) is 21.3. The molecule has 3 aromatic rings. The molecular weight excluding hydrogens is 611 g/mol. The fraction of sp³-hybridized carbons (Fsp3) is 0.545. The minimum atomic E-state index is -1.51. The van der Waals surface area contributed by atoms with Crippen LogP contribution in [0.1, 0.15) is 67.8 Å². The molecule has 0 spiro atoms. The number of nitrogens with zero attached hydrogens (tertiary/aromatic N) is 3. The first kappa shape index (κ1) is 33.6. The minimum Gasteiger partial charge on any atom is -0.389 e. The summed E-state index contributed by atoms with van der Waals surface area (Å²) in [5.74, 6) is -0.0849. The molecule has 2 aliphatic rings. The third kappa shape index (κ3) is 8.35. The maximum Gasteiger partial charge on any atom is 0.280 e. The van der Waals surface area contributed by atoms with Gasteiger partial charge in [-0.1, -0.05) is 37.3 Å². The van der Waals surface area contributed by atoms with Crippen molar-refractivity contribution in [2.24, 2.45) is 5.92 Å². The number of hydrogen-bond acceptors (Lipinski definition) is 8. The van der Waals surface area contributed by atoms with Crippen molar-refractivity contribution < 1.29 is 23.6 Å². The SMILES string of the molecule is CC1CCN(C(=O)c2nc(C(=O)NCC(C)(C)O)sc2-c2ccc(S(=O)NC(C)(C)CN3CCOCC3)c3ccccc23)CC1. The van der Waals surface area contributed by atoms with Gasteiger partial charge in [-0.05, 0) is 63.3 Å². The van der Waals surface area contributed by atoms with Crippen molar-refractivity contribution in [3.63, 3.8) is 0 Å². The minimum absolute atomic E-state index is 0.0480. The Kier molecular flexibility index (Phi) is 10.4. The number of aliphatic hydroxyl groups is 1. The number of carbonyl (C=O) groups excluding carboxylic acids is 2. The number of carbonyl (C=O) groups is 2. The molecule has 2 fully saturated rings. The van der Waals surface area contributed by atoms with Gasteiger partial charge in [-0.15, -0.1) is 11.3 Å². The molecule has 2 saturated heterocycles. The molecule has 0 bridgehead atoms. The number of amides is 2. The van der Waals surface area contributed by atoms with Gasteiger partial charge in [0, 0.05) is 50.4 Å². The zero-order valence-electron chi connectivity index (χ0n) is 26.9. The zero-order valence-corrected chi connectivity index (χ0v) is 28.5. The van der Waals surface area contributed by atoms with Crippen LogP contribution < -0.4 is 10.0 Å². The van der Waals surface area contributed by atoms with Crippen molar-refractivity contribution in [2.45, 2.75) is 63.5 Å². The molecule has 5 rings (SSSR count). The monoisotopic (exact) mass is 655 g/mol. The van der Waals surface area contributed by atoms with Crippen LogP contribution in [0.15, 0.2) is 41.3 Å². The van der Waals surface area contributed by atoms with Gasteiger partial charge in [-0.2, -0.15) is 0 Å². The molecule has 0 saturated carbocycles. The summed E-state index contributed by atoms with van der Waals surface area (Å²) in [7, 11) is -1.51. The highest BCUT2D eigenvalue weighted by Crippen LogP contribution is 2.38. The second-order valence-electron chi connectivity index (χ2n) is 13.5. The smallest absolute Gasteiger partial charge is 0.280 e. The molecule has 10 nitrogen and oxygen atoms in total. The Morgan fingerprint density at radius 3 is 2.38 bits per heavy atom. The summed E-state index contributed by atoms with van der Waals surface area (Å²) in [6.45, 7) is 14.7. The van der Waals surface area contributed by atoms with Crippen molar-refractivity contribution in [1.82, 2.24) is 24.8 Å². The maximum atomic E-state index is 13.9. The highest BCUT2D eigenvalue weighted by atomic mass is 32.2. The largest absolute Gasteiger partial charge is 0.389 e. The number of ether oxygens (including phenoxy) is 1. The average Bonchev–Trinajstić information content (AvgIpc) is 3.44. The molecule has 0 aliphatic carbocycles. The van der Waals surface area contributed by atoms with E-state index in [9.17, 15) is 18.9 Å². The topological polar surface area (TPSA) is 124 Å². The molecular formula is C33H45N5O5S2. The molecule has 1 unspecified atom stereocenters. The average molecular weight is 656 g/mol. The normalized spacial score (nSPS) is 17.9. The lowest BCUT2D eigenvalue weighted by atomic mass is 9.98. The fourth-order valence-corrected chi connectivity index (χ4v) is 8.02. The third-order valence-corrected chi connectivity index (χ3v) is 10.8.